The maximum absolute atomic E-state index is 12.9. The number of amides is 2. The minimum Gasteiger partial charge on any atom is -0.393 e. The van der Waals surface area contributed by atoms with Crippen molar-refractivity contribution in [2.45, 2.75) is 64.5 Å². The van der Waals surface area contributed by atoms with Gasteiger partial charge in [-0.05, 0) is 64.5 Å². The largest absolute Gasteiger partial charge is 0.393 e. The molecule has 2 N–H and O–H groups in total. The van der Waals surface area contributed by atoms with E-state index in [1.807, 2.05) is 30.9 Å². The van der Waals surface area contributed by atoms with Crippen LogP contribution in [0, 0.1) is 19.8 Å². The highest BCUT2D eigenvalue weighted by Crippen LogP contribution is 2.22. The number of carbonyl (C=O) groups excluding carboxylic acids is 2. The first-order valence-corrected chi connectivity index (χ1v) is 9.78. The van der Waals surface area contributed by atoms with Crippen LogP contribution in [0.15, 0.2) is 18.2 Å². The Morgan fingerprint density at radius 3 is 2.35 bits per heavy atom. The van der Waals surface area contributed by atoms with Crippen LogP contribution in [0.4, 0.5) is 0 Å². The normalized spacial score (nSPS) is 26.4. The van der Waals surface area contributed by atoms with E-state index in [0.29, 0.717) is 18.7 Å². The van der Waals surface area contributed by atoms with Crippen LogP contribution in [0.25, 0.3) is 0 Å². The number of piperidine rings is 1. The Kier molecular flexibility index (Phi) is 5.97. The minimum absolute atomic E-state index is 0.0232. The average Bonchev–Trinajstić information content (AvgIpc) is 2.62. The lowest BCUT2D eigenvalue weighted by molar-refractivity contribution is -0.127. The van der Waals surface area contributed by atoms with Gasteiger partial charge in [0.2, 0.25) is 5.91 Å². The summed E-state index contributed by atoms with van der Waals surface area (Å²) in [6.45, 7) is 5.20. The summed E-state index contributed by atoms with van der Waals surface area (Å²) in [4.78, 5) is 27.3. The Hall–Kier alpha value is -1.88. The molecule has 5 heteroatoms. The van der Waals surface area contributed by atoms with E-state index in [2.05, 4.69) is 11.4 Å². The molecular weight excluding hydrogens is 328 g/mol. The average molecular weight is 358 g/mol. The van der Waals surface area contributed by atoms with Gasteiger partial charge in [0.05, 0.1) is 12.0 Å². The molecule has 0 aromatic heterocycles. The number of likely N-dealkylation sites (tertiary alicyclic amines) is 1. The Morgan fingerprint density at radius 1 is 1.04 bits per heavy atom. The molecule has 2 amide bonds. The van der Waals surface area contributed by atoms with E-state index in [1.165, 1.54) is 0 Å². The van der Waals surface area contributed by atoms with Crippen LogP contribution in [-0.4, -0.2) is 47.1 Å². The van der Waals surface area contributed by atoms with Crippen molar-refractivity contribution < 1.29 is 14.7 Å². The number of nitrogens with zero attached hydrogens (tertiary/aromatic N) is 1. The highest BCUT2D eigenvalue weighted by molar-refractivity contribution is 5.95. The first kappa shape index (κ1) is 18.9. The van der Waals surface area contributed by atoms with E-state index in [-0.39, 0.29) is 29.9 Å². The summed E-state index contributed by atoms with van der Waals surface area (Å²) in [7, 11) is 0. The standard InChI is InChI=1S/C21H30N2O3/c1-14-10-15(2)12-17(11-14)21(26)23-9-3-4-16(13-23)20(25)22-18-5-7-19(24)8-6-18/h10-12,16,18-19,24H,3-9,13H2,1-2H3,(H,22,25). The van der Waals surface area contributed by atoms with E-state index in [4.69, 9.17) is 0 Å². The van der Waals surface area contributed by atoms with Crippen LogP contribution < -0.4 is 5.32 Å². The van der Waals surface area contributed by atoms with E-state index in [0.717, 1.165) is 49.7 Å². The molecule has 3 rings (SSSR count). The van der Waals surface area contributed by atoms with Crippen molar-refractivity contribution in [1.82, 2.24) is 10.2 Å². The quantitative estimate of drug-likeness (QED) is 0.872. The van der Waals surface area contributed by atoms with Crippen LogP contribution in [0.1, 0.15) is 60.0 Å². The van der Waals surface area contributed by atoms with Crippen molar-refractivity contribution in [3.63, 3.8) is 0 Å². The molecule has 26 heavy (non-hydrogen) atoms. The van der Waals surface area contributed by atoms with Crippen LogP contribution in [-0.2, 0) is 4.79 Å². The molecule has 1 unspecified atom stereocenters. The van der Waals surface area contributed by atoms with Gasteiger partial charge in [-0.1, -0.05) is 17.2 Å². The summed E-state index contributed by atoms with van der Waals surface area (Å²) < 4.78 is 0. The molecule has 1 aliphatic carbocycles. The summed E-state index contributed by atoms with van der Waals surface area (Å²) in [6.07, 6.45) is 4.66. The van der Waals surface area contributed by atoms with Crippen molar-refractivity contribution in [2.75, 3.05) is 13.1 Å². The third-order valence-electron chi connectivity index (χ3n) is 5.59. The number of hydrogen-bond acceptors (Lipinski definition) is 3. The predicted octanol–water partition coefficient (Wildman–Crippen LogP) is 2.58. The Labute approximate surface area is 155 Å². The zero-order valence-corrected chi connectivity index (χ0v) is 15.8. The molecule has 1 aromatic rings. The van der Waals surface area contributed by atoms with Crippen LogP contribution in [0.2, 0.25) is 0 Å². The fourth-order valence-corrected chi connectivity index (χ4v) is 4.20. The fourth-order valence-electron chi connectivity index (χ4n) is 4.20. The summed E-state index contributed by atoms with van der Waals surface area (Å²) in [5.74, 6) is -0.0511. The molecule has 1 aromatic carbocycles. The number of aryl methyl sites for hydroxylation is 2. The number of benzene rings is 1. The third-order valence-corrected chi connectivity index (χ3v) is 5.59. The van der Waals surface area contributed by atoms with Crippen LogP contribution in [0.5, 0.6) is 0 Å². The maximum Gasteiger partial charge on any atom is 0.253 e. The van der Waals surface area contributed by atoms with Gasteiger partial charge in [0.15, 0.2) is 0 Å². The van der Waals surface area contributed by atoms with Crippen LogP contribution in [0.3, 0.4) is 0 Å². The van der Waals surface area contributed by atoms with Gasteiger partial charge in [0, 0.05) is 24.7 Å². The van der Waals surface area contributed by atoms with Gasteiger partial charge in [0.25, 0.3) is 5.91 Å². The molecule has 142 valence electrons. The van der Waals surface area contributed by atoms with E-state index in [9.17, 15) is 14.7 Å². The second-order valence-electron chi connectivity index (χ2n) is 7.98. The monoisotopic (exact) mass is 358 g/mol. The molecule has 0 spiro atoms. The summed E-state index contributed by atoms with van der Waals surface area (Å²) in [5, 5.41) is 12.7. The van der Waals surface area contributed by atoms with Crippen molar-refractivity contribution >= 4 is 11.8 Å². The van der Waals surface area contributed by atoms with Gasteiger partial charge in [-0.3, -0.25) is 9.59 Å². The number of aliphatic hydroxyl groups excluding tert-OH is 1. The van der Waals surface area contributed by atoms with Gasteiger partial charge in [-0.2, -0.15) is 0 Å². The second kappa shape index (κ2) is 8.21. The maximum atomic E-state index is 12.9. The summed E-state index contributed by atoms with van der Waals surface area (Å²) in [5.41, 5.74) is 2.88. The van der Waals surface area contributed by atoms with Crippen molar-refractivity contribution in [2.24, 2.45) is 5.92 Å². The van der Waals surface area contributed by atoms with Gasteiger partial charge in [0.1, 0.15) is 0 Å². The van der Waals surface area contributed by atoms with Crippen LogP contribution >= 0.6 is 0 Å². The zero-order chi connectivity index (χ0) is 18.7. The van der Waals surface area contributed by atoms with Gasteiger partial charge in [-0.15, -0.1) is 0 Å². The lowest BCUT2D eigenvalue weighted by Crippen LogP contribution is -2.48. The number of nitrogens with one attached hydrogen (secondary N) is 1. The Bertz CT molecular complexity index is 645. The molecule has 5 nitrogen and oxygen atoms in total. The second-order valence-corrected chi connectivity index (χ2v) is 7.98. The smallest absolute Gasteiger partial charge is 0.253 e. The summed E-state index contributed by atoms with van der Waals surface area (Å²) in [6, 6.07) is 6.07. The number of carbonyl (C=O) groups is 2. The number of hydrogen-bond donors (Lipinski definition) is 2. The molecule has 0 radical (unpaired) electrons. The van der Waals surface area contributed by atoms with Gasteiger partial charge >= 0.3 is 0 Å². The first-order chi connectivity index (χ1) is 12.4. The van der Waals surface area contributed by atoms with Crippen molar-refractivity contribution in [1.29, 1.82) is 0 Å². The zero-order valence-electron chi connectivity index (χ0n) is 15.8. The topological polar surface area (TPSA) is 69.6 Å². The van der Waals surface area contributed by atoms with Crippen molar-refractivity contribution in [3.05, 3.63) is 34.9 Å². The van der Waals surface area contributed by atoms with Gasteiger partial charge < -0.3 is 15.3 Å². The lowest BCUT2D eigenvalue weighted by Gasteiger charge is -2.34. The predicted molar refractivity (Wildman–Crippen MR) is 101 cm³/mol. The molecule has 1 aliphatic heterocycles. The fraction of sp³-hybridized carbons (Fsp3) is 0.619. The van der Waals surface area contributed by atoms with Gasteiger partial charge in [-0.25, -0.2) is 0 Å². The molecule has 1 atom stereocenters. The molecule has 1 saturated heterocycles. The highest BCUT2D eigenvalue weighted by Gasteiger charge is 2.30. The molecule has 1 heterocycles. The lowest BCUT2D eigenvalue weighted by atomic mass is 9.91. The SMILES string of the molecule is Cc1cc(C)cc(C(=O)N2CCCC(C(=O)NC3CCC(O)CC3)C2)c1. The van der Waals surface area contributed by atoms with E-state index < -0.39 is 0 Å². The Balaban J connectivity index is 1.59. The molecule has 1 saturated carbocycles. The van der Waals surface area contributed by atoms with E-state index in [1.54, 1.807) is 0 Å². The summed E-state index contributed by atoms with van der Waals surface area (Å²) >= 11 is 0. The molecule has 2 aliphatic rings. The molecule has 0 bridgehead atoms. The molecular formula is C21H30N2O3. The highest BCUT2D eigenvalue weighted by atomic mass is 16.3. The number of rotatable bonds is 3. The first-order valence-electron chi connectivity index (χ1n) is 9.78. The van der Waals surface area contributed by atoms with Crippen molar-refractivity contribution in [3.8, 4) is 0 Å². The third kappa shape index (κ3) is 4.64. The molecule has 2 fully saturated rings. The number of aliphatic hydroxyl groups is 1. The minimum atomic E-state index is -0.219. The Morgan fingerprint density at radius 2 is 1.69 bits per heavy atom. The van der Waals surface area contributed by atoms with E-state index >= 15 is 0 Å².